The molecule has 0 aliphatic rings. The summed E-state index contributed by atoms with van der Waals surface area (Å²) in [5.74, 6) is -0.323. The number of nitrogens with zero attached hydrogens (tertiary/aromatic N) is 3. The van der Waals surface area contributed by atoms with Crippen molar-refractivity contribution in [1.82, 2.24) is 9.55 Å². The smallest absolute Gasteiger partial charge is 0.330 e. The van der Waals surface area contributed by atoms with Crippen LogP contribution < -0.4 is 26.6 Å². The predicted molar refractivity (Wildman–Crippen MR) is 116 cm³/mol. The second-order valence-electron chi connectivity index (χ2n) is 6.94. The van der Waals surface area contributed by atoms with E-state index in [0.717, 1.165) is 12.8 Å². The lowest BCUT2D eigenvalue weighted by Crippen LogP contribution is -2.43. The third-order valence-electron chi connectivity index (χ3n) is 4.67. The molecule has 1 aromatic heterocycles. The van der Waals surface area contributed by atoms with Crippen LogP contribution in [0, 0.1) is 10.1 Å². The zero-order valence-electron chi connectivity index (χ0n) is 17.6. The van der Waals surface area contributed by atoms with E-state index in [1.165, 1.54) is 33.7 Å². The van der Waals surface area contributed by atoms with Crippen molar-refractivity contribution in [2.24, 2.45) is 0 Å². The van der Waals surface area contributed by atoms with Crippen molar-refractivity contribution in [2.75, 3.05) is 23.8 Å². The maximum absolute atomic E-state index is 12.9. The molecule has 0 radical (unpaired) electrons. The van der Waals surface area contributed by atoms with E-state index in [0.29, 0.717) is 19.4 Å². The second kappa shape index (κ2) is 11.0. The number of H-pyrrole nitrogens is 1. The van der Waals surface area contributed by atoms with Crippen LogP contribution >= 0.6 is 0 Å². The molecule has 0 aliphatic heterocycles. The van der Waals surface area contributed by atoms with Gasteiger partial charge < -0.3 is 15.4 Å². The summed E-state index contributed by atoms with van der Waals surface area (Å²) in [4.78, 5) is 51.3. The Kier molecular flexibility index (Phi) is 8.35. The summed E-state index contributed by atoms with van der Waals surface area (Å²) in [5.41, 5.74) is 4.59. The van der Waals surface area contributed by atoms with Gasteiger partial charge in [-0.25, -0.2) is 4.79 Å². The monoisotopic (exact) mass is 433 g/mol. The van der Waals surface area contributed by atoms with Gasteiger partial charge in [-0.15, -0.1) is 0 Å². The maximum Gasteiger partial charge on any atom is 0.330 e. The van der Waals surface area contributed by atoms with E-state index in [2.05, 4.69) is 4.98 Å². The molecule has 3 N–H and O–H groups in total. The first-order chi connectivity index (χ1) is 14.8. The van der Waals surface area contributed by atoms with Gasteiger partial charge >= 0.3 is 5.69 Å². The molecule has 0 spiro atoms. The van der Waals surface area contributed by atoms with Gasteiger partial charge in [-0.2, -0.15) is 0 Å². The van der Waals surface area contributed by atoms with Crippen LogP contribution in [0.15, 0.2) is 33.9 Å². The van der Waals surface area contributed by atoms with Crippen LogP contribution in [0.25, 0.3) is 0 Å². The molecular weight excluding hydrogens is 406 g/mol. The summed E-state index contributed by atoms with van der Waals surface area (Å²) in [7, 11) is 0. The molecule has 0 fully saturated rings. The molecule has 1 aromatic carbocycles. The first kappa shape index (κ1) is 23.6. The number of carbonyl (C=O) groups excluding carboxylic acids is 1. The number of aromatic nitrogens is 2. The highest BCUT2D eigenvalue weighted by molar-refractivity contribution is 5.96. The Balaban J connectivity index is 2.30. The quantitative estimate of drug-likeness (QED) is 0.406. The minimum Gasteiger partial charge on any atom is -0.484 e. The Morgan fingerprint density at radius 2 is 1.84 bits per heavy atom. The number of nitrogens with one attached hydrogen (secondary N) is 1. The molecular formula is C20H27N5O6. The van der Waals surface area contributed by atoms with Crippen LogP contribution in [0.4, 0.5) is 17.2 Å². The normalized spacial score (nSPS) is 10.6. The van der Waals surface area contributed by atoms with Gasteiger partial charge in [0, 0.05) is 25.2 Å². The summed E-state index contributed by atoms with van der Waals surface area (Å²) in [5, 5.41) is 10.7. The van der Waals surface area contributed by atoms with Crippen molar-refractivity contribution >= 4 is 23.1 Å². The lowest BCUT2D eigenvalue weighted by molar-refractivity contribution is -0.384. The number of nitrogen functional groups attached to an aromatic ring is 1. The zero-order chi connectivity index (χ0) is 23.0. The molecule has 0 saturated heterocycles. The SMILES string of the molecule is CCCCN(C(=O)COc1ccc([N+](=O)[O-])cc1)c1c(N)n(CCCC)c(=O)[nH]c1=O. The van der Waals surface area contributed by atoms with E-state index < -0.39 is 28.7 Å². The van der Waals surface area contributed by atoms with E-state index >= 15 is 0 Å². The summed E-state index contributed by atoms with van der Waals surface area (Å²) >= 11 is 0. The van der Waals surface area contributed by atoms with Gasteiger partial charge in [0.05, 0.1) is 4.92 Å². The standard InChI is InChI=1S/C20H27N5O6/c1-3-5-11-23(16(26)13-31-15-9-7-14(8-10-15)25(29)30)17-18(21)24(12-6-4-2)20(28)22-19(17)27/h7-10H,3-6,11-13,21H2,1-2H3,(H,22,27,28). The number of anilines is 2. The molecule has 168 valence electrons. The van der Waals surface area contributed by atoms with E-state index in [4.69, 9.17) is 10.5 Å². The van der Waals surface area contributed by atoms with Gasteiger partial charge in [0.1, 0.15) is 11.6 Å². The Morgan fingerprint density at radius 1 is 1.19 bits per heavy atom. The fourth-order valence-corrected chi connectivity index (χ4v) is 2.94. The number of carbonyl (C=O) groups is 1. The fourth-order valence-electron chi connectivity index (χ4n) is 2.94. The average Bonchev–Trinajstić information content (AvgIpc) is 2.74. The maximum atomic E-state index is 12.9. The van der Waals surface area contributed by atoms with E-state index in [1.54, 1.807) is 0 Å². The number of nitrogens with two attached hydrogens (primary N) is 1. The number of amides is 1. The van der Waals surface area contributed by atoms with Crippen molar-refractivity contribution in [3.8, 4) is 5.75 Å². The first-order valence-corrected chi connectivity index (χ1v) is 10.1. The molecule has 0 aliphatic carbocycles. The van der Waals surface area contributed by atoms with Crippen LogP contribution in [0.2, 0.25) is 0 Å². The second-order valence-corrected chi connectivity index (χ2v) is 6.94. The molecule has 0 atom stereocenters. The van der Waals surface area contributed by atoms with Crippen molar-refractivity contribution < 1.29 is 14.5 Å². The zero-order valence-corrected chi connectivity index (χ0v) is 17.6. The largest absolute Gasteiger partial charge is 0.484 e. The number of unbranched alkanes of at least 4 members (excludes halogenated alkanes) is 2. The van der Waals surface area contributed by atoms with Crippen molar-refractivity contribution in [3.05, 3.63) is 55.2 Å². The lowest BCUT2D eigenvalue weighted by atomic mass is 10.2. The number of nitro groups is 1. The topological polar surface area (TPSA) is 154 Å². The fraction of sp³-hybridized carbons (Fsp3) is 0.450. The first-order valence-electron chi connectivity index (χ1n) is 10.1. The molecule has 2 aromatic rings. The van der Waals surface area contributed by atoms with E-state index in [-0.39, 0.29) is 29.5 Å². The Hall–Kier alpha value is -3.63. The van der Waals surface area contributed by atoms with E-state index in [9.17, 15) is 24.5 Å². The number of hydrogen-bond acceptors (Lipinski definition) is 7. The van der Waals surface area contributed by atoms with Crippen molar-refractivity contribution in [2.45, 2.75) is 46.1 Å². The van der Waals surface area contributed by atoms with E-state index in [1.807, 2.05) is 13.8 Å². The highest BCUT2D eigenvalue weighted by Gasteiger charge is 2.24. The third kappa shape index (κ3) is 5.93. The van der Waals surface area contributed by atoms with Crippen LogP contribution in [0.5, 0.6) is 5.75 Å². The van der Waals surface area contributed by atoms with Crippen molar-refractivity contribution in [3.63, 3.8) is 0 Å². The highest BCUT2D eigenvalue weighted by atomic mass is 16.6. The number of benzene rings is 1. The number of rotatable bonds is 11. The number of ether oxygens (including phenoxy) is 1. The van der Waals surface area contributed by atoms with Gasteiger partial charge in [0.15, 0.2) is 12.3 Å². The van der Waals surface area contributed by atoms with Crippen LogP contribution in [-0.4, -0.2) is 33.5 Å². The van der Waals surface area contributed by atoms with Crippen molar-refractivity contribution in [1.29, 1.82) is 0 Å². The molecule has 11 nitrogen and oxygen atoms in total. The highest BCUT2D eigenvalue weighted by Crippen LogP contribution is 2.20. The summed E-state index contributed by atoms with van der Waals surface area (Å²) < 4.78 is 6.70. The molecule has 0 saturated carbocycles. The van der Waals surface area contributed by atoms with Gasteiger partial charge in [-0.1, -0.05) is 26.7 Å². The Bertz CT molecular complexity index is 1030. The lowest BCUT2D eigenvalue weighted by Gasteiger charge is -2.24. The summed E-state index contributed by atoms with van der Waals surface area (Å²) in [6.07, 6.45) is 2.88. The minimum absolute atomic E-state index is 0.0676. The third-order valence-corrected chi connectivity index (χ3v) is 4.67. The minimum atomic E-state index is -0.741. The average molecular weight is 433 g/mol. The Morgan fingerprint density at radius 3 is 2.42 bits per heavy atom. The molecule has 31 heavy (non-hydrogen) atoms. The van der Waals surface area contributed by atoms with Gasteiger partial charge in [0.2, 0.25) is 0 Å². The molecule has 0 unspecified atom stereocenters. The molecule has 11 heteroatoms. The molecule has 2 rings (SSSR count). The van der Waals surface area contributed by atoms with Crippen LogP contribution in [-0.2, 0) is 11.3 Å². The van der Waals surface area contributed by atoms with Crippen LogP contribution in [0.1, 0.15) is 39.5 Å². The number of nitro benzene ring substituents is 1. The van der Waals surface area contributed by atoms with Gasteiger partial charge in [-0.3, -0.25) is 29.3 Å². The molecule has 0 bridgehead atoms. The van der Waals surface area contributed by atoms with Gasteiger partial charge in [0.25, 0.3) is 17.2 Å². The molecule has 1 heterocycles. The number of non-ortho nitro benzene ring substituents is 1. The van der Waals surface area contributed by atoms with Gasteiger partial charge in [-0.05, 0) is 25.0 Å². The number of aromatic amines is 1. The van der Waals surface area contributed by atoms with Crippen LogP contribution in [0.3, 0.4) is 0 Å². The summed E-state index contributed by atoms with van der Waals surface area (Å²) in [6, 6.07) is 5.30. The summed E-state index contributed by atoms with van der Waals surface area (Å²) in [6.45, 7) is 4.03. The predicted octanol–water partition coefficient (Wildman–Crippen LogP) is 2.04. The Labute approximate surface area is 178 Å². The molecule has 1 amide bonds. The number of hydrogen-bond donors (Lipinski definition) is 2.